The van der Waals surface area contributed by atoms with E-state index >= 15 is 0 Å². The van der Waals surface area contributed by atoms with E-state index in [1.807, 2.05) is 0 Å². The number of nitrogens with zero attached hydrogens (tertiary/aromatic N) is 2. The normalized spacial score (nSPS) is 40.4. The standard InChI is InChI=1S/C26H46FN5O2/c27-22-6-4-19(5-7-22)24-17-23(30-34-24)15-21-18-28-10-8-20(21)16-26(33)32-13-11-31(12-14-32)25-3-1-2-9-29-25/h19-25,28-30H,1-18H2. The van der Waals surface area contributed by atoms with Gasteiger partial charge in [0.15, 0.2) is 0 Å². The summed E-state index contributed by atoms with van der Waals surface area (Å²) in [7, 11) is 0. The number of rotatable bonds is 6. The Morgan fingerprint density at radius 3 is 2.53 bits per heavy atom. The number of amides is 1. The molecule has 5 atom stereocenters. The van der Waals surface area contributed by atoms with Crippen LogP contribution in [0.4, 0.5) is 4.39 Å². The summed E-state index contributed by atoms with van der Waals surface area (Å²) in [5, 5.41) is 7.21. The van der Waals surface area contributed by atoms with Crippen LogP contribution < -0.4 is 16.1 Å². The van der Waals surface area contributed by atoms with Gasteiger partial charge in [-0.15, -0.1) is 0 Å². The van der Waals surface area contributed by atoms with E-state index < -0.39 is 6.17 Å². The lowest BCUT2D eigenvalue weighted by molar-refractivity contribution is -0.135. The predicted molar refractivity (Wildman–Crippen MR) is 131 cm³/mol. The van der Waals surface area contributed by atoms with Crippen molar-refractivity contribution in [1.29, 1.82) is 0 Å². The van der Waals surface area contributed by atoms with Gasteiger partial charge < -0.3 is 15.5 Å². The molecule has 0 radical (unpaired) electrons. The zero-order valence-corrected chi connectivity index (χ0v) is 20.9. The largest absolute Gasteiger partial charge is 0.340 e. The fourth-order valence-electron chi connectivity index (χ4n) is 7.11. The van der Waals surface area contributed by atoms with Crippen molar-refractivity contribution in [2.24, 2.45) is 17.8 Å². The van der Waals surface area contributed by atoms with Crippen LogP contribution >= 0.6 is 0 Å². The van der Waals surface area contributed by atoms with Crippen molar-refractivity contribution in [1.82, 2.24) is 25.9 Å². The van der Waals surface area contributed by atoms with E-state index in [1.165, 1.54) is 19.3 Å². The molecule has 5 unspecified atom stereocenters. The van der Waals surface area contributed by atoms with Crippen LogP contribution in [-0.4, -0.2) is 86.0 Å². The SMILES string of the molecule is O=C(CC1CCNCC1CC1CC(C2CCC(F)CC2)ON1)N1CCN(C2CCCCN2)CC1. The molecule has 4 aliphatic heterocycles. The summed E-state index contributed by atoms with van der Waals surface area (Å²) in [5.41, 5.74) is 3.31. The van der Waals surface area contributed by atoms with Gasteiger partial charge in [0.1, 0.15) is 6.17 Å². The number of alkyl halides is 1. The van der Waals surface area contributed by atoms with Crippen LogP contribution in [0.15, 0.2) is 0 Å². The summed E-state index contributed by atoms with van der Waals surface area (Å²) in [5.74, 6) is 1.81. The van der Waals surface area contributed by atoms with E-state index in [4.69, 9.17) is 4.84 Å². The molecule has 0 spiro atoms. The Bertz CT molecular complexity index is 647. The zero-order chi connectivity index (χ0) is 23.3. The Kier molecular flexibility index (Phi) is 8.75. The van der Waals surface area contributed by atoms with Crippen LogP contribution in [0.3, 0.4) is 0 Å². The van der Waals surface area contributed by atoms with Crippen molar-refractivity contribution in [2.45, 2.75) is 95.1 Å². The molecule has 3 N–H and O–H groups in total. The lowest BCUT2D eigenvalue weighted by Crippen LogP contribution is -2.57. The third kappa shape index (κ3) is 6.30. The molecule has 7 nitrogen and oxygen atoms in total. The third-order valence-electron chi connectivity index (χ3n) is 9.31. The highest BCUT2D eigenvalue weighted by atomic mass is 19.1. The molecule has 194 valence electrons. The zero-order valence-electron chi connectivity index (χ0n) is 20.9. The van der Waals surface area contributed by atoms with E-state index in [0.717, 1.165) is 77.9 Å². The second kappa shape index (κ2) is 12.0. The first kappa shape index (κ1) is 24.9. The molecule has 0 aromatic carbocycles. The Morgan fingerprint density at radius 2 is 1.76 bits per heavy atom. The highest BCUT2D eigenvalue weighted by Crippen LogP contribution is 2.36. The van der Waals surface area contributed by atoms with Gasteiger partial charge in [0.25, 0.3) is 0 Å². The topological polar surface area (TPSA) is 68.9 Å². The molecule has 4 saturated heterocycles. The van der Waals surface area contributed by atoms with Crippen molar-refractivity contribution in [3.63, 3.8) is 0 Å². The molecule has 34 heavy (non-hydrogen) atoms. The second-order valence-corrected chi connectivity index (χ2v) is 11.6. The van der Waals surface area contributed by atoms with Gasteiger partial charge in [0, 0.05) is 38.6 Å². The number of carbonyl (C=O) groups is 1. The van der Waals surface area contributed by atoms with Crippen molar-refractivity contribution >= 4 is 5.91 Å². The summed E-state index contributed by atoms with van der Waals surface area (Å²) in [6.07, 6.45) is 11.1. The monoisotopic (exact) mass is 479 g/mol. The molecule has 5 aliphatic rings. The number of halogens is 1. The van der Waals surface area contributed by atoms with Gasteiger partial charge in [-0.3, -0.25) is 14.5 Å². The average molecular weight is 480 g/mol. The lowest BCUT2D eigenvalue weighted by atomic mass is 9.78. The maximum atomic E-state index is 13.5. The maximum absolute atomic E-state index is 13.5. The maximum Gasteiger partial charge on any atom is 0.222 e. The van der Waals surface area contributed by atoms with Crippen LogP contribution in [-0.2, 0) is 9.63 Å². The number of piperazine rings is 1. The fraction of sp³-hybridized carbons (Fsp3) is 0.962. The molecule has 4 heterocycles. The van der Waals surface area contributed by atoms with Gasteiger partial charge in [0.2, 0.25) is 5.91 Å². The van der Waals surface area contributed by atoms with Crippen LogP contribution in [0.25, 0.3) is 0 Å². The van der Waals surface area contributed by atoms with E-state index in [0.29, 0.717) is 55.1 Å². The number of piperidine rings is 2. The van der Waals surface area contributed by atoms with E-state index in [2.05, 4.69) is 25.9 Å². The van der Waals surface area contributed by atoms with Crippen LogP contribution in [0, 0.1) is 17.8 Å². The van der Waals surface area contributed by atoms with Crippen LogP contribution in [0.2, 0.25) is 0 Å². The first-order chi connectivity index (χ1) is 16.7. The van der Waals surface area contributed by atoms with Crippen molar-refractivity contribution in [3.05, 3.63) is 0 Å². The van der Waals surface area contributed by atoms with E-state index in [9.17, 15) is 9.18 Å². The molecule has 1 amide bonds. The highest BCUT2D eigenvalue weighted by Gasteiger charge is 2.38. The summed E-state index contributed by atoms with van der Waals surface area (Å²) in [6, 6.07) is 0.349. The Balaban J connectivity index is 1.07. The molecule has 1 saturated carbocycles. The molecule has 0 aromatic rings. The van der Waals surface area contributed by atoms with Gasteiger partial charge >= 0.3 is 0 Å². The molecular weight excluding hydrogens is 433 g/mol. The van der Waals surface area contributed by atoms with Crippen molar-refractivity contribution in [2.75, 3.05) is 45.8 Å². The second-order valence-electron chi connectivity index (χ2n) is 11.6. The minimum atomic E-state index is -0.611. The Labute approximate surface area is 204 Å². The van der Waals surface area contributed by atoms with Gasteiger partial charge in [-0.2, -0.15) is 5.48 Å². The third-order valence-corrected chi connectivity index (χ3v) is 9.31. The lowest BCUT2D eigenvalue weighted by Gasteiger charge is -2.42. The molecule has 0 bridgehead atoms. The first-order valence-corrected chi connectivity index (χ1v) is 14.2. The predicted octanol–water partition coefficient (Wildman–Crippen LogP) is 2.43. The van der Waals surface area contributed by atoms with Gasteiger partial charge in [-0.25, -0.2) is 4.39 Å². The van der Waals surface area contributed by atoms with E-state index in [-0.39, 0.29) is 6.10 Å². The summed E-state index contributed by atoms with van der Waals surface area (Å²) in [4.78, 5) is 23.9. The van der Waals surface area contributed by atoms with Gasteiger partial charge in [0.05, 0.1) is 12.3 Å². The van der Waals surface area contributed by atoms with E-state index in [1.54, 1.807) is 0 Å². The molecule has 8 heteroatoms. The summed E-state index contributed by atoms with van der Waals surface area (Å²) in [6.45, 7) is 6.86. The number of carbonyl (C=O) groups excluding carboxylic acids is 1. The van der Waals surface area contributed by atoms with Crippen LogP contribution in [0.5, 0.6) is 0 Å². The molecule has 1 aliphatic carbocycles. The van der Waals surface area contributed by atoms with Crippen molar-refractivity contribution in [3.8, 4) is 0 Å². The Morgan fingerprint density at radius 1 is 0.941 bits per heavy atom. The summed E-state index contributed by atoms with van der Waals surface area (Å²) >= 11 is 0. The molecule has 5 rings (SSSR count). The highest BCUT2D eigenvalue weighted by molar-refractivity contribution is 5.76. The van der Waals surface area contributed by atoms with Gasteiger partial charge in [-0.05, 0) is 102 Å². The molecular formula is C26H46FN5O2. The minimum Gasteiger partial charge on any atom is -0.340 e. The molecule has 5 fully saturated rings. The first-order valence-electron chi connectivity index (χ1n) is 14.2. The molecule has 0 aromatic heterocycles. The fourth-order valence-corrected chi connectivity index (χ4v) is 7.11. The summed E-state index contributed by atoms with van der Waals surface area (Å²) < 4.78 is 13.5. The van der Waals surface area contributed by atoms with Crippen LogP contribution in [0.1, 0.15) is 70.6 Å². The number of hydrogen-bond acceptors (Lipinski definition) is 6. The average Bonchev–Trinajstić information content (AvgIpc) is 3.35. The minimum absolute atomic E-state index is 0.226. The smallest absolute Gasteiger partial charge is 0.222 e. The quantitative estimate of drug-likeness (QED) is 0.544. The van der Waals surface area contributed by atoms with Gasteiger partial charge in [-0.1, -0.05) is 0 Å². The van der Waals surface area contributed by atoms with Crippen molar-refractivity contribution < 1.29 is 14.0 Å². The Hall–Kier alpha value is -0.800. The number of hydroxylamine groups is 1. The number of hydrogen-bond donors (Lipinski definition) is 3. The number of nitrogens with one attached hydrogen (secondary N) is 3.